The standard InChI is InChI=1S/C24H28N4O2/c1-18(2)17-28-11-10-20-16-21(8-9-22(20)28)25-24(30)27-14-12-26(13-15-27)23(29)19-6-4-3-5-7-19/h3-11,16,18H,12-15,17H2,1-2H3,(H,25,30). The highest BCUT2D eigenvalue weighted by Crippen LogP contribution is 2.22. The zero-order valence-corrected chi connectivity index (χ0v) is 17.5. The maximum atomic E-state index is 12.7. The van der Waals surface area contributed by atoms with Crippen LogP contribution in [0.5, 0.6) is 0 Å². The van der Waals surface area contributed by atoms with Crippen molar-refractivity contribution in [3.63, 3.8) is 0 Å². The first-order chi connectivity index (χ1) is 14.5. The molecular formula is C24H28N4O2. The highest BCUT2D eigenvalue weighted by Gasteiger charge is 2.24. The molecule has 6 heteroatoms. The van der Waals surface area contributed by atoms with E-state index in [0.29, 0.717) is 37.7 Å². The minimum atomic E-state index is -0.122. The monoisotopic (exact) mass is 404 g/mol. The SMILES string of the molecule is CC(C)Cn1ccc2cc(NC(=O)N3CCN(C(=O)c4ccccc4)CC3)ccc21. The minimum absolute atomic E-state index is 0.0204. The highest BCUT2D eigenvalue weighted by molar-refractivity contribution is 5.95. The van der Waals surface area contributed by atoms with Crippen LogP contribution in [0.25, 0.3) is 10.9 Å². The summed E-state index contributed by atoms with van der Waals surface area (Å²) in [5.41, 5.74) is 2.65. The zero-order chi connectivity index (χ0) is 21.1. The molecule has 0 saturated carbocycles. The van der Waals surface area contributed by atoms with Crippen LogP contribution in [0.4, 0.5) is 10.5 Å². The van der Waals surface area contributed by atoms with E-state index in [-0.39, 0.29) is 11.9 Å². The van der Waals surface area contributed by atoms with Gasteiger partial charge in [-0.25, -0.2) is 4.79 Å². The molecule has 0 unspecified atom stereocenters. The molecule has 2 aromatic carbocycles. The van der Waals surface area contributed by atoms with Gasteiger partial charge >= 0.3 is 6.03 Å². The number of piperazine rings is 1. The van der Waals surface area contributed by atoms with Gasteiger partial charge < -0.3 is 19.7 Å². The van der Waals surface area contributed by atoms with Crippen LogP contribution < -0.4 is 5.32 Å². The Kier molecular flexibility index (Phi) is 5.74. The Labute approximate surface area is 177 Å². The summed E-state index contributed by atoms with van der Waals surface area (Å²) in [7, 11) is 0. The Morgan fingerprint density at radius 1 is 0.933 bits per heavy atom. The molecule has 6 nitrogen and oxygen atoms in total. The molecule has 3 aromatic rings. The number of hydrogen-bond donors (Lipinski definition) is 1. The van der Waals surface area contributed by atoms with Crippen molar-refractivity contribution in [2.45, 2.75) is 20.4 Å². The number of nitrogens with zero attached hydrogens (tertiary/aromatic N) is 3. The second-order valence-corrected chi connectivity index (χ2v) is 8.21. The fourth-order valence-electron chi connectivity index (χ4n) is 3.91. The molecule has 1 N–H and O–H groups in total. The van der Waals surface area contributed by atoms with Crippen LogP contribution in [0, 0.1) is 5.92 Å². The fraction of sp³-hybridized carbons (Fsp3) is 0.333. The van der Waals surface area contributed by atoms with Gasteiger partial charge in [0.25, 0.3) is 5.91 Å². The van der Waals surface area contributed by atoms with Crippen molar-refractivity contribution in [1.29, 1.82) is 0 Å². The molecule has 0 aliphatic carbocycles. The summed E-state index contributed by atoms with van der Waals surface area (Å²) in [6.07, 6.45) is 2.10. The van der Waals surface area contributed by atoms with Gasteiger partial charge in [0.2, 0.25) is 0 Å². The second kappa shape index (κ2) is 8.61. The van der Waals surface area contributed by atoms with Crippen molar-refractivity contribution >= 4 is 28.5 Å². The number of fused-ring (bicyclic) bond motifs is 1. The van der Waals surface area contributed by atoms with Gasteiger partial charge in [0.05, 0.1) is 0 Å². The van der Waals surface area contributed by atoms with Crippen LogP contribution in [-0.4, -0.2) is 52.5 Å². The van der Waals surface area contributed by atoms with Crippen molar-refractivity contribution in [2.24, 2.45) is 5.92 Å². The second-order valence-electron chi connectivity index (χ2n) is 8.21. The van der Waals surface area contributed by atoms with E-state index < -0.39 is 0 Å². The fourth-order valence-corrected chi connectivity index (χ4v) is 3.91. The van der Waals surface area contributed by atoms with Crippen molar-refractivity contribution in [1.82, 2.24) is 14.4 Å². The number of urea groups is 1. The van der Waals surface area contributed by atoms with Gasteiger partial charge in [0, 0.05) is 61.1 Å². The normalized spacial score (nSPS) is 14.4. The average molecular weight is 405 g/mol. The lowest BCUT2D eigenvalue weighted by Crippen LogP contribution is -2.51. The molecule has 30 heavy (non-hydrogen) atoms. The van der Waals surface area contributed by atoms with E-state index in [1.807, 2.05) is 47.4 Å². The van der Waals surface area contributed by atoms with E-state index in [2.05, 4.69) is 42.1 Å². The molecule has 0 radical (unpaired) electrons. The topological polar surface area (TPSA) is 57.6 Å². The molecule has 1 aliphatic rings. The summed E-state index contributed by atoms with van der Waals surface area (Å²) in [5.74, 6) is 0.597. The van der Waals surface area contributed by atoms with E-state index >= 15 is 0 Å². The van der Waals surface area contributed by atoms with Gasteiger partial charge in [0.15, 0.2) is 0 Å². The molecule has 156 valence electrons. The Balaban J connectivity index is 1.35. The van der Waals surface area contributed by atoms with Gasteiger partial charge in [-0.2, -0.15) is 0 Å². The van der Waals surface area contributed by atoms with E-state index in [4.69, 9.17) is 0 Å². The quantitative estimate of drug-likeness (QED) is 0.705. The number of carbonyl (C=O) groups is 2. The number of aromatic nitrogens is 1. The number of benzene rings is 2. The Morgan fingerprint density at radius 2 is 1.63 bits per heavy atom. The Hall–Kier alpha value is -3.28. The van der Waals surface area contributed by atoms with Crippen molar-refractivity contribution in [3.05, 3.63) is 66.4 Å². The first-order valence-electron chi connectivity index (χ1n) is 10.5. The lowest BCUT2D eigenvalue weighted by atomic mass is 10.2. The molecule has 0 spiro atoms. The van der Waals surface area contributed by atoms with E-state index in [9.17, 15) is 9.59 Å². The number of hydrogen-bond acceptors (Lipinski definition) is 2. The summed E-state index contributed by atoms with van der Waals surface area (Å²) in [5, 5.41) is 4.12. The van der Waals surface area contributed by atoms with Crippen molar-refractivity contribution in [3.8, 4) is 0 Å². The predicted octanol–water partition coefficient (Wildman–Crippen LogP) is 4.29. The summed E-state index contributed by atoms with van der Waals surface area (Å²) < 4.78 is 2.24. The number of nitrogens with one attached hydrogen (secondary N) is 1. The molecule has 1 saturated heterocycles. The van der Waals surface area contributed by atoms with E-state index in [1.54, 1.807) is 4.90 Å². The number of amides is 3. The minimum Gasteiger partial charge on any atom is -0.347 e. The smallest absolute Gasteiger partial charge is 0.321 e. The number of carbonyl (C=O) groups excluding carboxylic acids is 2. The van der Waals surface area contributed by atoms with Gasteiger partial charge in [-0.05, 0) is 42.3 Å². The molecule has 1 aliphatic heterocycles. The first kappa shape index (κ1) is 20.0. The van der Waals surface area contributed by atoms with Crippen LogP contribution in [0.15, 0.2) is 60.8 Å². The van der Waals surface area contributed by atoms with Gasteiger partial charge in [-0.15, -0.1) is 0 Å². The molecule has 1 fully saturated rings. The molecular weight excluding hydrogens is 376 g/mol. The zero-order valence-electron chi connectivity index (χ0n) is 17.5. The third-order valence-corrected chi connectivity index (χ3v) is 5.46. The largest absolute Gasteiger partial charge is 0.347 e. The van der Waals surface area contributed by atoms with Crippen molar-refractivity contribution in [2.75, 3.05) is 31.5 Å². The van der Waals surface area contributed by atoms with Gasteiger partial charge in [-0.1, -0.05) is 32.0 Å². The van der Waals surface area contributed by atoms with Crippen LogP contribution in [0.1, 0.15) is 24.2 Å². The lowest BCUT2D eigenvalue weighted by Gasteiger charge is -2.34. The predicted molar refractivity (Wildman–Crippen MR) is 120 cm³/mol. The lowest BCUT2D eigenvalue weighted by molar-refractivity contribution is 0.0671. The average Bonchev–Trinajstić information content (AvgIpc) is 3.15. The summed E-state index contributed by atoms with van der Waals surface area (Å²) in [6.45, 7) is 7.51. The molecule has 0 bridgehead atoms. The summed E-state index contributed by atoms with van der Waals surface area (Å²) in [4.78, 5) is 28.8. The molecule has 0 atom stereocenters. The first-order valence-corrected chi connectivity index (χ1v) is 10.5. The Morgan fingerprint density at radius 3 is 2.33 bits per heavy atom. The van der Waals surface area contributed by atoms with Gasteiger partial charge in [0.1, 0.15) is 0 Å². The summed E-state index contributed by atoms with van der Waals surface area (Å²) in [6, 6.07) is 17.3. The molecule has 3 amide bonds. The number of anilines is 1. The maximum absolute atomic E-state index is 12.7. The highest BCUT2D eigenvalue weighted by atomic mass is 16.2. The van der Waals surface area contributed by atoms with Crippen LogP contribution in [0.2, 0.25) is 0 Å². The number of rotatable bonds is 4. The summed E-state index contributed by atoms with van der Waals surface area (Å²) >= 11 is 0. The van der Waals surface area contributed by atoms with Crippen molar-refractivity contribution < 1.29 is 9.59 Å². The molecule has 4 rings (SSSR count). The van der Waals surface area contributed by atoms with Crippen LogP contribution in [-0.2, 0) is 6.54 Å². The van der Waals surface area contributed by atoms with Crippen LogP contribution >= 0.6 is 0 Å². The van der Waals surface area contributed by atoms with Crippen LogP contribution in [0.3, 0.4) is 0 Å². The van der Waals surface area contributed by atoms with E-state index in [1.165, 1.54) is 5.52 Å². The molecule has 1 aromatic heterocycles. The molecule has 2 heterocycles. The maximum Gasteiger partial charge on any atom is 0.321 e. The van der Waals surface area contributed by atoms with E-state index in [0.717, 1.165) is 17.6 Å². The Bertz CT molecular complexity index is 1030. The third kappa shape index (κ3) is 4.32. The van der Waals surface area contributed by atoms with Gasteiger partial charge in [-0.3, -0.25) is 4.79 Å². The third-order valence-electron chi connectivity index (χ3n) is 5.46.